The van der Waals surface area contributed by atoms with E-state index in [0.29, 0.717) is 6.61 Å². The Morgan fingerprint density at radius 1 is 1.45 bits per heavy atom. The molecule has 0 aliphatic heterocycles. The van der Waals surface area contributed by atoms with Gasteiger partial charge in [-0.05, 0) is 20.3 Å². The Balaban J connectivity index is 3.32. The molecule has 0 fully saturated rings. The van der Waals surface area contributed by atoms with E-state index in [1.807, 2.05) is 19.9 Å². The summed E-state index contributed by atoms with van der Waals surface area (Å²) in [5.74, 6) is 0. The van der Waals surface area contributed by atoms with E-state index >= 15 is 0 Å². The molecule has 0 heterocycles. The normalized spacial score (nSPS) is 11.1. The zero-order chi connectivity index (χ0) is 8.74. The highest BCUT2D eigenvalue weighted by Gasteiger charge is 2.15. The second-order valence-electron chi connectivity index (χ2n) is 2.92. The van der Waals surface area contributed by atoms with Crippen molar-refractivity contribution in [1.82, 2.24) is 0 Å². The van der Waals surface area contributed by atoms with E-state index < -0.39 is 0 Å². The van der Waals surface area contributed by atoms with Crippen molar-refractivity contribution < 1.29 is 9.47 Å². The standard InChI is InChI=1S/C8H15NO2/c1-8(2,10-3)4-6-11-7-5-9/h4,6-7H2,1-3H3. The molecule has 3 nitrogen and oxygen atoms in total. The van der Waals surface area contributed by atoms with E-state index in [1.165, 1.54) is 0 Å². The molecule has 0 aromatic heterocycles. The van der Waals surface area contributed by atoms with Crippen LogP contribution in [0.3, 0.4) is 0 Å². The second-order valence-corrected chi connectivity index (χ2v) is 2.92. The van der Waals surface area contributed by atoms with E-state index in [0.717, 1.165) is 6.42 Å². The number of nitrogens with zero attached hydrogens (tertiary/aromatic N) is 1. The van der Waals surface area contributed by atoms with Gasteiger partial charge in [0.05, 0.1) is 18.3 Å². The van der Waals surface area contributed by atoms with Gasteiger partial charge in [-0.25, -0.2) is 0 Å². The number of hydrogen-bond donors (Lipinski definition) is 0. The quantitative estimate of drug-likeness (QED) is 0.565. The van der Waals surface area contributed by atoms with Crippen molar-refractivity contribution in [2.24, 2.45) is 0 Å². The number of rotatable bonds is 5. The maximum Gasteiger partial charge on any atom is 0.133 e. The third kappa shape index (κ3) is 5.84. The number of methoxy groups -OCH3 is 1. The van der Waals surface area contributed by atoms with E-state index in [-0.39, 0.29) is 12.2 Å². The van der Waals surface area contributed by atoms with E-state index in [1.54, 1.807) is 7.11 Å². The van der Waals surface area contributed by atoms with E-state index in [2.05, 4.69) is 0 Å². The average molecular weight is 157 g/mol. The Labute approximate surface area is 67.9 Å². The smallest absolute Gasteiger partial charge is 0.133 e. The molecule has 0 N–H and O–H groups in total. The molecule has 0 aliphatic rings. The van der Waals surface area contributed by atoms with Gasteiger partial charge < -0.3 is 9.47 Å². The molecule has 0 amide bonds. The number of ether oxygens (including phenoxy) is 2. The minimum atomic E-state index is -0.143. The van der Waals surface area contributed by atoms with Crippen LogP contribution in [-0.4, -0.2) is 25.9 Å². The Bertz CT molecular complexity index is 138. The molecule has 3 heteroatoms. The molecule has 0 aromatic carbocycles. The molecule has 11 heavy (non-hydrogen) atoms. The Morgan fingerprint density at radius 3 is 2.55 bits per heavy atom. The monoisotopic (exact) mass is 157 g/mol. The summed E-state index contributed by atoms with van der Waals surface area (Å²) in [4.78, 5) is 0. The van der Waals surface area contributed by atoms with Gasteiger partial charge in [0.1, 0.15) is 6.61 Å². The molecule has 0 unspecified atom stereocenters. The van der Waals surface area contributed by atoms with Crippen LogP contribution < -0.4 is 0 Å². The van der Waals surface area contributed by atoms with Crippen molar-refractivity contribution in [3.05, 3.63) is 0 Å². The molecule has 0 rings (SSSR count). The Hall–Kier alpha value is -0.590. The van der Waals surface area contributed by atoms with Crippen LogP contribution in [0.1, 0.15) is 20.3 Å². The summed E-state index contributed by atoms with van der Waals surface area (Å²) < 4.78 is 10.1. The molecule has 0 saturated heterocycles. The molecular formula is C8H15NO2. The predicted molar refractivity (Wildman–Crippen MR) is 42.1 cm³/mol. The van der Waals surface area contributed by atoms with Gasteiger partial charge in [-0.1, -0.05) is 0 Å². The molecule has 0 aliphatic carbocycles. The zero-order valence-electron chi connectivity index (χ0n) is 7.39. The first-order valence-corrected chi connectivity index (χ1v) is 3.62. The Morgan fingerprint density at radius 2 is 2.09 bits per heavy atom. The molecule has 0 saturated carbocycles. The maximum atomic E-state index is 8.15. The lowest BCUT2D eigenvalue weighted by molar-refractivity contribution is -0.00614. The van der Waals surface area contributed by atoms with Crippen LogP contribution in [0.4, 0.5) is 0 Å². The van der Waals surface area contributed by atoms with Gasteiger partial charge in [0.25, 0.3) is 0 Å². The largest absolute Gasteiger partial charge is 0.379 e. The highest BCUT2D eigenvalue weighted by Crippen LogP contribution is 2.11. The summed E-state index contributed by atoms with van der Waals surface area (Å²) in [6.07, 6.45) is 0.811. The lowest BCUT2D eigenvalue weighted by atomic mass is 10.1. The fraction of sp³-hybridized carbons (Fsp3) is 0.875. The second kappa shape index (κ2) is 5.11. The van der Waals surface area contributed by atoms with E-state index in [4.69, 9.17) is 14.7 Å². The van der Waals surface area contributed by atoms with Crippen LogP contribution in [-0.2, 0) is 9.47 Å². The first kappa shape index (κ1) is 10.4. The molecule has 0 spiro atoms. The van der Waals surface area contributed by atoms with E-state index in [9.17, 15) is 0 Å². The SMILES string of the molecule is COC(C)(C)CCOCC#N. The zero-order valence-corrected chi connectivity index (χ0v) is 7.39. The van der Waals surface area contributed by atoms with Gasteiger partial charge in [0.15, 0.2) is 0 Å². The van der Waals surface area contributed by atoms with Crippen LogP contribution in [0.15, 0.2) is 0 Å². The number of nitriles is 1. The molecule has 0 bridgehead atoms. The van der Waals surface area contributed by atoms with Gasteiger partial charge in [-0.3, -0.25) is 0 Å². The highest BCUT2D eigenvalue weighted by atomic mass is 16.5. The first-order chi connectivity index (χ1) is 5.12. The predicted octanol–water partition coefficient (Wildman–Crippen LogP) is 1.34. The first-order valence-electron chi connectivity index (χ1n) is 3.62. The highest BCUT2D eigenvalue weighted by molar-refractivity contribution is 4.69. The van der Waals surface area contributed by atoms with Crippen LogP contribution in [0.25, 0.3) is 0 Å². The van der Waals surface area contributed by atoms with Crippen LogP contribution in [0, 0.1) is 11.3 Å². The third-order valence-electron chi connectivity index (χ3n) is 1.57. The summed E-state index contributed by atoms with van der Waals surface area (Å²) in [7, 11) is 1.67. The molecule has 0 radical (unpaired) electrons. The Kier molecular flexibility index (Phi) is 4.84. The maximum absolute atomic E-state index is 8.15. The van der Waals surface area contributed by atoms with Gasteiger partial charge in [-0.15, -0.1) is 0 Å². The van der Waals surface area contributed by atoms with Gasteiger partial charge in [0.2, 0.25) is 0 Å². The minimum Gasteiger partial charge on any atom is -0.379 e. The summed E-state index contributed by atoms with van der Waals surface area (Å²) in [6.45, 7) is 4.72. The fourth-order valence-corrected chi connectivity index (χ4v) is 0.538. The fourth-order valence-electron chi connectivity index (χ4n) is 0.538. The molecular weight excluding hydrogens is 142 g/mol. The minimum absolute atomic E-state index is 0.143. The van der Waals surface area contributed by atoms with Crippen molar-refractivity contribution >= 4 is 0 Å². The third-order valence-corrected chi connectivity index (χ3v) is 1.57. The summed E-state index contributed by atoms with van der Waals surface area (Å²) >= 11 is 0. The van der Waals surface area contributed by atoms with Gasteiger partial charge in [-0.2, -0.15) is 5.26 Å². The summed E-state index contributed by atoms with van der Waals surface area (Å²) in [6, 6.07) is 1.91. The summed E-state index contributed by atoms with van der Waals surface area (Å²) in [5, 5.41) is 8.15. The molecule has 0 atom stereocenters. The van der Waals surface area contributed by atoms with Crippen molar-refractivity contribution in [2.75, 3.05) is 20.3 Å². The van der Waals surface area contributed by atoms with Crippen molar-refractivity contribution in [3.8, 4) is 6.07 Å². The lowest BCUT2D eigenvalue weighted by Gasteiger charge is -2.21. The van der Waals surface area contributed by atoms with Gasteiger partial charge >= 0.3 is 0 Å². The molecule has 64 valence electrons. The van der Waals surface area contributed by atoms with Crippen LogP contribution in [0.5, 0.6) is 0 Å². The van der Waals surface area contributed by atoms with Gasteiger partial charge in [0, 0.05) is 7.11 Å². The summed E-state index contributed by atoms with van der Waals surface area (Å²) in [5.41, 5.74) is -0.143. The van der Waals surface area contributed by atoms with Crippen molar-refractivity contribution in [1.29, 1.82) is 5.26 Å². The average Bonchev–Trinajstić information content (AvgIpc) is 1.99. The van der Waals surface area contributed by atoms with Crippen molar-refractivity contribution in [2.45, 2.75) is 25.9 Å². The number of hydrogen-bond acceptors (Lipinski definition) is 3. The van der Waals surface area contributed by atoms with Crippen molar-refractivity contribution in [3.63, 3.8) is 0 Å². The topological polar surface area (TPSA) is 42.2 Å². The van der Waals surface area contributed by atoms with Crippen LogP contribution >= 0.6 is 0 Å². The molecule has 0 aromatic rings. The van der Waals surface area contributed by atoms with Crippen LogP contribution in [0.2, 0.25) is 0 Å². The lowest BCUT2D eigenvalue weighted by Crippen LogP contribution is -2.24.